The molecule has 3 nitrogen and oxygen atoms in total. The second-order valence-corrected chi connectivity index (χ2v) is 3.63. The van der Waals surface area contributed by atoms with E-state index in [1.54, 1.807) is 31.4 Å². The Hall–Kier alpha value is -1.06. The van der Waals surface area contributed by atoms with Crippen molar-refractivity contribution < 1.29 is 14.3 Å². The van der Waals surface area contributed by atoms with E-state index in [-0.39, 0.29) is 12.4 Å². The van der Waals surface area contributed by atoms with Gasteiger partial charge in [0.15, 0.2) is 5.78 Å². The predicted molar refractivity (Wildman–Crippen MR) is 63.5 cm³/mol. The van der Waals surface area contributed by atoms with Gasteiger partial charge in [0, 0.05) is 18.1 Å². The first-order chi connectivity index (χ1) is 7.77. The van der Waals surface area contributed by atoms with Gasteiger partial charge in [-0.25, -0.2) is 0 Å². The number of Topliss-reactive ketones (excluding diaryl/α,β-unsaturated/α-hetero) is 1. The fourth-order valence-corrected chi connectivity index (χ4v) is 1.31. The van der Waals surface area contributed by atoms with Gasteiger partial charge in [-0.15, -0.1) is 11.6 Å². The Labute approximate surface area is 100 Å². The smallest absolute Gasteiger partial charge is 0.188 e. The summed E-state index contributed by atoms with van der Waals surface area (Å²) in [5.74, 6) is 1.17. The summed E-state index contributed by atoms with van der Waals surface area (Å²) in [4.78, 5) is 11.7. The maximum atomic E-state index is 11.7. The van der Waals surface area contributed by atoms with Gasteiger partial charge in [-0.1, -0.05) is 12.1 Å². The van der Waals surface area contributed by atoms with Crippen molar-refractivity contribution in [1.29, 1.82) is 0 Å². The predicted octanol–water partition coefficient (Wildman–Crippen LogP) is 2.52. The van der Waals surface area contributed by atoms with Crippen LogP contribution in [0, 0.1) is 0 Å². The van der Waals surface area contributed by atoms with Crippen LogP contribution in [0.2, 0.25) is 0 Å². The SMILES string of the molecule is COc1cccc(C(=O)COCCCCl)c1. The van der Waals surface area contributed by atoms with Crippen LogP contribution in [0.25, 0.3) is 0 Å². The number of halogens is 1. The average Bonchev–Trinajstić information content (AvgIpc) is 2.34. The third-order valence-corrected chi connectivity index (χ3v) is 2.31. The number of hydrogen-bond donors (Lipinski definition) is 0. The first-order valence-electron chi connectivity index (χ1n) is 5.09. The molecule has 0 aromatic heterocycles. The Morgan fingerprint density at radius 3 is 2.94 bits per heavy atom. The third-order valence-electron chi connectivity index (χ3n) is 2.05. The summed E-state index contributed by atoms with van der Waals surface area (Å²) >= 11 is 5.49. The number of alkyl halides is 1. The van der Waals surface area contributed by atoms with E-state index in [1.165, 1.54) is 0 Å². The van der Waals surface area contributed by atoms with Crippen molar-refractivity contribution in [2.45, 2.75) is 6.42 Å². The molecule has 0 heterocycles. The average molecular weight is 243 g/mol. The molecule has 0 aliphatic carbocycles. The zero-order valence-electron chi connectivity index (χ0n) is 9.24. The van der Waals surface area contributed by atoms with Crippen LogP contribution in [0.4, 0.5) is 0 Å². The zero-order chi connectivity index (χ0) is 11.8. The molecular formula is C12H15ClO3. The quantitative estimate of drug-likeness (QED) is 0.419. The van der Waals surface area contributed by atoms with E-state index in [2.05, 4.69) is 0 Å². The van der Waals surface area contributed by atoms with Gasteiger partial charge in [0.25, 0.3) is 0 Å². The second-order valence-electron chi connectivity index (χ2n) is 3.25. The largest absolute Gasteiger partial charge is 0.497 e. The summed E-state index contributed by atoms with van der Waals surface area (Å²) in [6, 6.07) is 7.03. The number of ketones is 1. The van der Waals surface area contributed by atoms with Crippen LogP contribution in [0.15, 0.2) is 24.3 Å². The number of carbonyl (C=O) groups is 1. The van der Waals surface area contributed by atoms with E-state index >= 15 is 0 Å². The lowest BCUT2D eigenvalue weighted by molar-refractivity contribution is 0.0762. The molecule has 0 saturated carbocycles. The molecule has 0 saturated heterocycles. The van der Waals surface area contributed by atoms with Crippen LogP contribution in [0.5, 0.6) is 5.75 Å². The Kier molecular flexibility index (Phi) is 5.90. The van der Waals surface area contributed by atoms with E-state index < -0.39 is 0 Å². The van der Waals surface area contributed by atoms with Gasteiger partial charge in [-0.05, 0) is 18.6 Å². The second kappa shape index (κ2) is 7.25. The summed E-state index contributed by atoms with van der Waals surface area (Å²) in [6.45, 7) is 0.600. The Balaban J connectivity index is 2.46. The number of rotatable bonds is 7. The minimum Gasteiger partial charge on any atom is -0.497 e. The minimum atomic E-state index is -0.0477. The monoisotopic (exact) mass is 242 g/mol. The van der Waals surface area contributed by atoms with Crippen molar-refractivity contribution >= 4 is 17.4 Å². The number of hydrogen-bond acceptors (Lipinski definition) is 3. The lowest BCUT2D eigenvalue weighted by Gasteiger charge is -2.04. The first kappa shape index (κ1) is 13.0. The molecule has 1 aromatic carbocycles. The summed E-state index contributed by atoms with van der Waals surface area (Å²) in [5.41, 5.74) is 0.602. The number of benzene rings is 1. The molecule has 0 aliphatic heterocycles. The van der Waals surface area contributed by atoms with Crippen molar-refractivity contribution in [3.05, 3.63) is 29.8 Å². The topological polar surface area (TPSA) is 35.5 Å². The molecule has 0 bridgehead atoms. The number of carbonyl (C=O) groups excluding carboxylic acids is 1. The van der Waals surface area contributed by atoms with Gasteiger partial charge >= 0.3 is 0 Å². The van der Waals surface area contributed by atoms with Gasteiger partial charge in [-0.2, -0.15) is 0 Å². The molecule has 1 rings (SSSR count). The molecule has 0 N–H and O–H groups in total. The van der Waals surface area contributed by atoms with Crippen molar-refractivity contribution in [2.24, 2.45) is 0 Å². The van der Waals surface area contributed by atoms with E-state index in [1.807, 2.05) is 0 Å². The molecule has 0 unspecified atom stereocenters. The molecule has 0 amide bonds. The highest BCUT2D eigenvalue weighted by atomic mass is 35.5. The maximum Gasteiger partial charge on any atom is 0.188 e. The highest BCUT2D eigenvalue weighted by molar-refractivity contribution is 6.17. The molecule has 0 atom stereocenters. The van der Waals surface area contributed by atoms with Crippen LogP contribution in [0.1, 0.15) is 16.8 Å². The third kappa shape index (κ3) is 4.21. The molecular weight excluding hydrogens is 228 g/mol. The fourth-order valence-electron chi connectivity index (χ4n) is 1.20. The van der Waals surface area contributed by atoms with Crippen LogP contribution in [-0.2, 0) is 4.74 Å². The minimum absolute atomic E-state index is 0.0477. The fraction of sp³-hybridized carbons (Fsp3) is 0.417. The van der Waals surface area contributed by atoms with E-state index in [0.717, 1.165) is 6.42 Å². The molecule has 16 heavy (non-hydrogen) atoms. The molecule has 0 aliphatic rings. The van der Waals surface area contributed by atoms with E-state index in [4.69, 9.17) is 21.1 Å². The summed E-state index contributed by atoms with van der Waals surface area (Å²) < 4.78 is 10.2. The molecule has 0 spiro atoms. The van der Waals surface area contributed by atoms with Gasteiger partial charge in [0.1, 0.15) is 12.4 Å². The van der Waals surface area contributed by atoms with Gasteiger partial charge in [0.05, 0.1) is 7.11 Å². The summed E-state index contributed by atoms with van der Waals surface area (Å²) in [7, 11) is 1.57. The Morgan fingerprint density at radius 1 is 1.44 bits per heavy atom. The maximum absolute atomic E-state index is 11.7. The summed E-state index contributed by atoms with van der Waals surface area (Å²) in [5, 5.41) is 0. The number of methoxy groups -OCH3 is 1. The van der Waals surface area contributed by atoms with Crippen LogP contribution in [-0.4, -0.2) is 32.0 Å². The summed E-state index contributed by atoms with van der Waals surface area (Å²) in [6.07, 6.45) is 0.757. The van der Waals surface area contributed by atoms with Crippen molar-refractivity contribution in [1.82, 2.24) is 0 Å². The molecule has 1 aromatic rings. The van der Waals surface area contributed by atoms with Crippen LogP contribution in [0.3, 0.4) is 0 Å². The Bertz CT molecular complexity index is 339. The van der Waals surface area contributed by atoms with E-state index in [0.29, 0.717) is 23.8 Å². The van der Waals surface area contributed by atoms with E-state index in [9.17, 15) is 4.79 Å². The number of ether oxygens (including phenoxy) is 2. The van der Waals surface area contributed by atoms with Gasteiger partial charge < -0.3 is 9.47 Å². The van der Waals surface area contributed by atoms with Crippen molar-refractivity contribution in [3.63, 3.8) is 0 Å². The van der Waals surface area contributed by atoms with Crippen molar-refractivity contribution in [2.75, 3.05) is 26.2 Å². The van der Waals surface area contributed by atoms with Gasteiger partial charge in [-0.3, -0.25) is 4.79 Å². The van der Waals surface area contributed by atoms with Crippen LogP contribution < -0.4 is 4.74 Å². The zero-order valence-corrected chi connectivity index (χ0v) is 10.00. The first-order valence-corrected chi connectivity index (χ1v) is 5.62. The highest BCUT2D eigenvalue weighted by Gasteiger charge is 2.06. The van der Waals surface area contributed by atoms with Crippen LogP contribution >= 0.6 is 11.6 Å². The molecule has 4 heteroatoms. The van der Waals surface area contributed by atoms with Crippen molar-refractivity contribution in [3.8, 4) is 5.75 Å². The highest BCUT2D eigenvalue weighted by Crippen LogP contribution is 2.12. The molecule has 0 fully saturated rings. The molecule has 88 valence electrons. The lowest BCUT2D eigenvalue weighted by Crippen LogP contribution is -2.10. The molecule has 0 radical (unpaired) electrons. The Morgan fingerprint density at radius 2 is 2.25 bits per heavy atom. The normalized spacial score (nSPS) is 10.1. The standard InChI is InChI=1S/C12H15ClO3/c1-15-11-5-2-4-10(8-11)12(14)9-16-7-3-6-13/h2,4-5,8H,3,6-7,9H2,1H3. The lowest BCUT2D eigenvalue weighted by atomic mass is 10.1. The van der Waals surface area contributed by atoms with Gasteiger partial charge in [0.2, 0.25) is 0 Å².